The maximum atomic E-state index is 11.8. The van der Waals surface area contributed by atoms with E-state index in [1.807, 2.05) is 0 Å². The fourth-order valence-corrected chi connectivity index (χ4v) is 2.80. The number of halogens is 1. The molecule has 0 spiro atoms. The maximum Gasteiger partial charge on any atom is 0.244 e. The molecule has 0 aliphatic heterocycles. The monoisotopic (exact) mass is 322 g/mol. The Morgan fingerprint density at radius 1 is 1.53 bits per heavy atom. The van der Waals surface area contributed by atoms with Crippen molar-refractivity contribution in [1.29, 1.82) is 0 Å². The molecule has 0 heterocycles. The van der Waals surface area contributed by atoms with E-state index >= 15 is 0 Å². The second-order valence-corrected chi connectivity index (χ2v) is 5.74. The van der Waals surface area contributed by atoms with E-state index in [4.69, 9.17) is 10.5 Å². The summed E-state index contributed by atoms with van der Waals surface area (Å²) in [5, 5.41) is 0. The summed E-state index contributed by atoms with van der Waals surface area (Å²) in [5.74, 6) is -0.576. The smallest absolute Gasteiger partial charge is 0.244 e. The lowest BCUT2D eigenvalue weighted by atomic mass is 10.3. The summed E-state index contributed by atoms with van der Waals surface area (Å²) in [5.41, 5.74) is 4.87. The van der Waals surface area contributed by atoms with Crippen molar-refractivity contribution < 1.29 is 17.9 Å². The molecule has 0 saturated heterocycles. The quantitative estimate of drug-likeness (QED) is 0.810. The number of amides is 1. The number of primary amides is 1. The summed E-state index contributed by atoms with van der Waals surface area (Å²) < 4.78 is 31.3. The van der Waals surface area contributed by atoms with E-state index in [0.29, 0.717) is 4.47 Å². The number of carbonyl (C=O) groups excluding carboxylic acids is 1. The van der Waals surface area contributed by atoms with Crippen LogP contribution in [0.2, 0.25) is 0 Å². The van der Waals surface area contributed by atoms with Crippen molar-refractivity contribution >= 4 is 31.9 Å². The first-order valence-corrected chi connectivity index (χ1v) is 6.76. The van der Waals surface area contributed by atoms with Crippen molar-refractivity contribution in [2.45, 2.75) is 4.90 Å². The van der Waals surface area contributed by atoms with Gasteiger partial charge in [-0.05, 0) is 18.2 Å². The molecule has 0 atom stereocenters. The first-order valence-electron chi connectivity index (χ1n) is 4.48. The van der Waals surface area contributed by atoms with Gasteiger partial charge in [0.1, 0.15) is 10.6 Å². The third kappa shape index (κ3) is 3.69. The summed E-state index contributed by atoms with van der Waals surface area (Å²) in [6.07, 6.45) is 0. The van der Waals surface area contributed by atoms with E-state index in [9.17, 15) is 13.2 Å². The lowest BCUT2D eigenvalue weighted by Gasteiger charge is -2.10. The summed E-state index contributed by atoms with van der Waals surface area (Å²) in [6, 6.07) is 4.52. The van der Waals surface area contributed by atoms with Gasteiger partial charge in [-0.25, -0.2) is 13.1 Å². The van der Waals surface area contributed by atoms with Crippen molar-refractivity contribution in [2.24, 2.45) is 5.73 Å². The molecule has 1 amide bonds. The van der Waals surface area contributed by atoms with Gasteiger partial charge in [0.15, 0.2) is 0 Å². The minimum Gasteiger partial charge on any atom is -0.495 e. The molecule has 0 saturated carbocycles. The Labute approximate surface area is 107 Å². The van der Waals surface area contributed by atoms with Crippen molar-refractivity contribution in [3.8, 4) is 5.75 Å². The molecule has 1 aromatic carbocycles. The number of carbonyl (C=O) groups is 1. The third-order valence-corrected chi connectivity index (χ3v) is 3.77. The number of methoxy groups -OCH3 is 1. The topological polar surface area (TPSA) is 98.5 Å². The summed E-state index contributed by atoms with van der Waals surface area (Å²) in [6.45, 7) is -0.460. The van der Waals surface area contributed by atoms with Crippen LogP contribution in [0.1, 0.15) is 0 Å². The Morgan fingerprint density at radius 3 is 2.71 bits per heavy atom. The van der Waals surface area contributed by atoms with E-state index < -0.39 is 22.5 Å². The zero-order valence-electron chi connectivity index (χ0n) is 8.94. The van der Waals surface area contributed by atoms with Crippen LogP contribution in [-0.2, 0) is 14.8 Å². The molecule has 8 heteroatoms. The Kier molecular flexibility index (Phi) is 4.49. The average molecular weight is 323 g/mol. The van der Waals surface area contributed by atoms with E-state index in [2.05, 4.69) is 20.7 Å². The van der Waals surface area contributed by atoms with Gasteiger partial charge in [0, 0.05) is 4.47 Å². The van der Waals surface area contributed by atoms with Gasteiger partial charge in [0.25, 0.3) is 0 Å². The molecule has 3 N–H and O–H groups in total. The van der Waals surface area contributed by atoms with Gasteiger partial charge in [-0.3, -0.25) is 4.79 Å². The molecule has 0 bridgehead atoms. The number of benzene rings is 1. The number of hydrogen-bond donors (Lipinski definition) is 2. The highest BCUT2D eigenvalue weighted by atomic mass is 79.9. The molecule has 1 aromatic rings. The first kappa shape index (κ1) is 13.9. The normalized spacial score (nSPS) is 11.2. The number of ether oxygens (including phenoxy) is 1. The number of hydrogen-bond acceptors (Lipinski definition) is 4. The molecule has 1 rings (SSSR count). The van der Waals surface area contributed by atoms with Gasteiger partial charge in [-0.1, -0.05) is 15.9 Å². The Hall–Kier alpha value is -1.12. The number of nitrogens with one attached hydrogen (secondary N) is 1. The zero-order valence-corrected chi connectivity index (χ0v) is 11.3. The Balaban J connectivity index is 3.13. The van der Waals surface area contributed by atoms with Crippen LogP contribution in [0.4, 0.5) is 0 Å². The van der Waals surface area contributed by atoms with Crippen LogP contribution >= 0.6 is 15.9 Å². The van der Waals surface area contributed by atoms with Gasteiger partial charge in [0.2, 0.25) is 15.9 Å². The molecule has 0 aliphatic rings. The van der Waals surface area contributed by atoms with E-state index in [1.165, 1.54) is 19.2 Å². The highest BCUT2D eigenvalue weighted by Gasteiger charge is 2.20. The van der Waals surface area contributed by atoms with Crippen LogP contribution in [0.5, 0.6) is 5.75 Å². The molecule has 94 valence electrons. The van der Waals surface area contributed by atoms with Gasteiger partial charge >= 0.3 is 0 Å². The fourth-order valence-electron chi connectivity index (χ4n) is 1.10. The van der Waals surface area contributed by atoms with E-state index in [1.54, 1.807) is 6.07 Å². The average Bonchev–Trinajstić information content (AvgIpc) is 2.26. The number of nitrogens with two attached hydrogens (primary N) is 1. The van der Waals surface area contributed by atoms with Gasteiger partial charge in [-0.15, -0.1) is 0 Å². The first-order chi connectivity index (χ1) is 7.86. The molecule has 0 aliphatic carbocycles. The highest BCUT2D eigenvalue weighted by Crippen LogP contribution is 2.26. The lowest BCUT2D eigenvalue weighted by molar-refractivity contribution is -0.116. The molecular formula is C9H11BrN2O4S. The van der Waals surface area contributed by atoms with E-state index in [-0.39, 0.29) is 10.6 Å². The predicted octanol–water partition coefficient (Wildman–Crippen LogP) is 0.221. The molecule has 17 heavy (non-hydrogen) atoms. The van der Waals surface area contributed by atoms with Crippen molar-refractivity contribution in [3.63, 3.8) is 0 Å². The van der Waals surface area contributed by atoms with Crippen LogP contribution in [0.15, 0.2) is 27.6 Å². The Bertz CT molecular complexity index is 530. The van der Waals surface area contributed by atoms with Crippen LogP contribution < -0.4 is 15.2 Å². The number of rotatable bonds is 5. The van der Waals surface area contributed by atoms with Crippen LogP contribution in [-0.4, -0.2) is 28.0 Å². The van der Waals surface area contributed by atoms with Gasteiger partial charge in [0.05, 0.1) is 13.7 Å². The second-order valence-electron chi connectivity index (χ2n) is 3.09. The molecule has 0 radical (unpaired) electrons. The van der Waals surface area contributed by atoms with Crippen LogP contribution in [0.3, 0.4) is 0 Å². The molecule has 0 unspecified atom stereocenters. The predicted molar refractivity (Wildman–Crippen MR) is 65.1 cm³/mol. The maximum absolute atomic E-state index is 11.8. The fraction of sp³-hybridized carbons (Fsp3) is 0.222. The molecule has 6 nitrogen and oxygen atoms in total. The minimum absolute atomic E-state index is 0.0596. The van der Waals surface area contributed by atoms with Gasteiger partial charge in [-0.2, -0.15) is 0 Å². The second kappa shape index (κ2) is 5.48. The molecule has 0 aromatic heterocycles. The van der Waals surface area contributed by atoms with Crippen molar-refractivity contribution in [3.05, 3.63) is 22.7 Å². The largest absolute Gasteiger partial charge is 0.495 e. The van der Waals surface area contributed by atoms with Crippen LogP contribution in [0, 0.1) is 0 Å². The molecular weight excluding hydrogens is 312 g/mol. The standard InChI is InChI=1S/C9H11BrN2O4S/c1-16-7-3-2-6(10)4-8(7)17(14,15)12-5-9(11)13/h2-4,12H,5H2,1H3,(H2,11,13). The van der Waals surface area contributed by atoms with E-state index in [0.717, 1.165) is 0 Å². The SMILES string of the molecule is COc1ccc(Br)cc1S(=O)(=O)NCC(N)=O. The number of sulfonamides is 1. The Morgan fingerprint density at radius 2 is 2.18 bits per heavy atom. The van der Waals surface area contributed by atoms with Gasteiger partial charge < -0.3 is 10.5 Å². The lowest BCUT2D eigenvalue weighted by Crippen LogP contribution is -2.33. The van der Waals surface area contributed by atoms with Crippen LogP contribution in [0.25, 0.3) is 0 Å². The summed E-state index contributed by atoms with van der Waals surface area (Å²) in [7, 11) is -2.47. The minimum atomic E-state index is -3.83. The zero-order chi connectivity index (χ0) is 13.1. The van der Waals surface area contributed by atoms with Crippen molar-refractivity contribution in [1.82, 2.24) is 4.72 Å². The van der Waals surface area contributed by atoms with Crippen molar-refractivity contribution in [2.75, 3.05) is 13.7 Å². The molecule has 0 fully saturated rings. The third-order valence-electron chi connectivity index (χ3n) is 1.85. The summed E-state index contributed by atoms with van der Waals surface area (Å²) in [4.78, 5) is 10.5. The highest BCUT2D eigenvalue weighted by molar-refractivity contribution is 9.10. The summed E-state index contributed by atoms with van der Waals surface area (Å²) >= 11 is 3.16.